The second kappa shape index (κ2) is 11.8. The Hall–Kier alpha value is -0.640. The summed E-state index contributed by atoms with van der Waals surface area (Å²) in [7, 11) is 0. The van der Waals surface area contributed by atoms with Crippen molar-refractivity contribution < 1.29 is 10.0 Å². The zero-order valence-corrected chi connectivity index (χ0v) is 11.1. The standard InChI is InChI=1S/C13H27NO3/c1-2-3-4-5-6-7-8-9-10-11-12-13(15)14(16)17/h13,15H,2-12H2,1H3. The van der Waals surface area contributed by atoms with Crippen molar-refractivity contribution in [1.82, 2.24) is 0 Å². The third-order valence-corrected chi connectivity index (χ3v) is 3.06. The van der Waals surface area contributed by atoms with E-state index in [2.05, 4.69) is 6.92 Å². The second-order valence-corrected chi connectivity index (χ2v) is 4.74. The number of hydrogen-bond donors (Lipinski definition) is 1. The van der Waals surface area contributed by atoms with Crippen LogP contribution in [-0.4, -0.2) is 16.3 Å². The van der Waals surface area contributed by atoms with E-state index >= 15 is 0 Å². The Balaban J connectivity index is 3.06. The first-order valence-corrected chi connectivity index (χ1v) is 7.00. The van der Waals surface area contributed by atoms with Crippen molar-refractivity contribution in [1.29, 1.82) is 0 Å². The Morgan fingerprint density at radius 3 is 1.76 bits per heavy atom. The zero-order chi connectivity index (χ0) is 12.9. The smallest absolute Gasteiger partial charge is 0.312 e. The Kier molecular flexibility index (Phi) is 11.4. The predicted octanol–water partition coefficient (Wildman–Crippen LogP) is 3.89. The van der Waals surface area contributed by atoms with Gasteiger partial charge in [-0.2, -0.15) is 0 Å². The summed E-state index contributed by atoms with van der Waals surface area (Å²) >= 11 is 0. The lowest BCUT2D eigenvalue weighted by Crippen LogP contribution is -2.17. The number of aliphatic hydroxyl groups excluding tert-OH is 1. The molecule has 4 nitrogen and oxygen atoms in total. The van der Waals surface area contributed by atoms with Crippen molar-refractivity contribution >= 4 is 0 Å². The van der Waals surface area contributed by atoms with Crippen LogP contribution in [-0.2, 0) is 0 Å². The molecular formula is C13H27NO3. The minimum atomic E-state index is -1.36. The van der Waals surface area contributed by atoms with Crippen molar-refractivity contribution in [3.05, 3.63) is 10.1 Å². The Labute approximate surface area is 105 Å². The van der Waals surface area contributed by atoms with E-state index in [1.54, 1.807) is 0 Å². The first-order chi connectivity index (χ1) is 8.18. The molecule has 1 N–H and O–H groups in total. The molecule has 1 unspecified atom stereocenters. The summed E-state index contributed by atoms with van der Waals surface area (Å²) in [6.07, 6.45) is 11.0. The van der Waals surface area contributed by atoms with Crippen molar-refractivity contribution in [3.8, 4) is 0 Å². The van der Waals surface area contributed by atoms with E-state index in [4.69, 9.17) is 5.11 Å². The quantitative estimate of drug-likeness (QED) is 0.245. The largest absolute Gasteiger partial charge is 0.333 e. The molecule has 0 fully saturated rings. The summed E-state index contributed by atoms with van der Waals surface area (Å²) < 4.78 is 0. The molecule has 0 aliphatic heterocycles. The van der Waals surface area contributed by atoms with Gasteiger partial charge >= 0.3 is 6.23 Å². The first-order valence-electron chi connectivity index (χ1n) is 7.00. The molecule has 0 saturated carbocycles. The Bertz CT molecular complexity index is 186. The van der Waals surface area contributed by atoms with Gasteiger partial charge in [0.25, 0.3) is 0 Å². The minimum Gasteiger partial charge on any atom is -0.333 e. The number of unbranched alkanes of at least 4 members (excludes halogenated alkanes) is 9. The molecule has 0 rings (SSSR count). The van der Waals surface area contributed by atoms with Gasteiger partial charge in [-0.3, -0.25) is 10.1 Å². The van der Waals surface area contributed by atoms with Crippen LogP contribution in [0, 0.1) is 10.1 Å². The van der Waals surface area contributed by atoms with Crippen molar-refractivity contribution in [2.75, 3.05) is 0 Å². The van der Waals surface area contributed by atoms with Crippen molar-refractivity contribution in [3.63, 3.8) is 0 Å². The van der Waals surface area contributed by atoms with E-state index < -0.39 is 11.2 Å². The SMILES string of the molecule is CCCCCCCCCCCCC(O)[N+](=O)[O-]. The molecule has 17 heavy (non-hydrogen) atoms. The van der Waals surface area contributed by atoms with Crippen LogP contribution >= 0.6 is 0 Å². The van der Waals surface area contributed by atoms with E-state index in [1.165, 1.54) is 44.9 Å². The van der Waals surface area contributed by atoms with Gasteiger partial charge in [0.2, 0.25) is 0 Å². The fourth-order valence-electron chi connectivity index (χ4n) is 1.92. The highest BCUT2D eigenvalue weighted by Gasteiger charge is 2.13. The summed E-state index contributed by atoms with van der Waals surface area (Å²) in [4.78, 5) is 9.53. The molecule has 0 saturated heterocycles. The van der Waals surface area contributed by atoms with Gasteiger partial charge in [0, 0.05) is 6.42 Å². The second-order valence-electron chi connectivity index (χ2n) is 4.74. The van der Waals surface area contributed by atoms with E-state index in [9.17, 15) is 10.1 Å². The highest BCUT2D eigenvalue weighted by molar-refractivity contribution is 4.48. The van der Waals surface area contributed by atoms with Crippen LogP contribution in [0.2, 0.25) is 0 Å². The van der Waals surface area contributed by atoms with Gasteiger partial charge in [0.1, 0.15) is 0 Å². The van der Waals surface area contributed by atoms with Gasteiger partial charge < -0.3 is 5.11 Å². The molecule has 0 aromatic heterocycles. The molecule has 0 bridgehead atoms. The maximum absolute atomic E-state index is 10.1. The fraction of sp³-hybridized carbons (Fsp3) is 1.00. The first kappa shape index (κ1) is 16.4. The van der Waals surface area contributed by atoms with Crippen LogP contribution in [0.15, 0.2) is 0 Å². The molecule has 0 aliphatic rings. The molecule has 0 radical (unpaired) electrons. The van der Waals surface area contributed by atoms with E-state index in [0.29, 0.717) is 6.42 Å². The number of rotatable bonds is 12. The molecule has 102 valence electrons. The zero-order valence-electron chi connectivity index (χ0n) is 11.1. The number of nitro groups is 1. The van der Waals surface area contributed by atoms with E-state index in [1.807, 2.05) is 0 Å². The molecule has 4 heteroatoms. The van der Waals surface area contributed by atoms with E-state index in [0.717, 1.165) is 19.3 Å². The summed E-state index contributed by atoms with van der Waals surface area (Å²) in [5.41, 5.74) is 0. The van der Waals surface area contributed by atoms with Crippen LogP contribution in [0.4, 0.5) is 0 Å². The fourth-order valence-corrected chi connectivity index (χ4v) is 1.92. The van der Waals surface area contributed by atoms with Gasteiger partial charge in [0.05, 0.1) is 4.92 Å². The average molecular weight is 245 g/mol. The van der Waals surface area contributed by atoms with Gasteiger partial charge in [0.15, 0.2) is 0 Å². The average Bonchev–Trinajstić information content (AvgIpc) is 2.31. The summed E-state index contributed by atoms with van der Waals surface area (Å²) in [6.45, 7) is 2.22. The van der Waals surface area contributed by atoms with Crippen molar-refractivity contribution in [2.45, 2.75) is 83.8 Å². The molecule has 0 aromatic rings. The normalized spacial score (nSPS) is 12.6. The van der Waals surface area contributed by atoms with Gasteiger partial charge in [-0.15, -0.1) is 0 Å². The van der Waals surface area contributed by atoms with Gasteiger partial charge in [-0.1, -0.05) is 64.7 Å². The van der Waals surface area contributed by atoms with E-state index in [-0.39, 0.29) is 0 Å². The molecule has 0 amide bonds. The number of aliphatic hydroxyl groups is 1. The molecule has 0 aliphatic carbocycles. The minimum absolute atomic E-state index is 0.295. The predicted molar refractivity (Wildman–Crippen MR) is 69.5 cm³/mol. The molecule has 1 atom stereocenters. The number of hydrogen-bond acceptors (Lipinski definition) is 3. The highest BCUT2D eigenvalue weighted by Crippen LogP contribution is 2.11. The van der Waals surface area contributed by atoms with Crippen LogP contribution in [0.3, 0.4) is 0 Å². The molecule has 0 spiro atoms. The lowest BCUT2D eigenvalue weighted by atomic mass is 10.1. The summed E-state index contributed by atoms with van der Waals surface area (Å²) in [5.74, 6) is 0. The molecule has 0 aromatic carbocycles. The number of nitrogens with zero attached hydrogens (tertiary/aromatic N) is 1. The lowest BCUT2D eigenvalue weighted by Gasteiger charge is -2.03. The van der Waals surface area contributed by atoms with Gasteiger partial charge in [-0.05, 0) is 6.42 Å². The van der Waals surface area contributed by atoms with Crippen LogP contribution in [0.1, 0.15) is 77.6 Å². The lowest BCUT2D eigenvalue weighted by molar-refractivity contribution is -0.571. The Morgan fingerprint density at radius 1 is 0.941 bits per heavy atom. The van der Waals surface area contributed by atoms with Crippen molar-refractivity contribution in [2.24, 2.45) is 0 Å². The third-order valence-electron chi connectivity index (χ3n) is 3.06. The topological polar surface area (TPSA) is 63.4 Å². The maximum atomic E-state index is 10.1. The summed E-state index contributed by atoms with van der Waals surface area (Å²) in [6, 6.07) is 0. The van der Waals surface area contributed by atoms with Crippen LogP contribution in [0.5, 0.6) is 0 Å². The maximum Gasteiger partial charge on any atom is 0.312 e. The monoisotopic (exact) mass is 245 g/mol. The highest BCUT2D eigenvalue weighted by atomic mass is 16.7. The molecular weight excluding hydrogens is 218 g/mol. The summed E-state index contributed by atoms with van der Waals surface area (Å²) in [5, 5.41) is 19.1. The van der Waals surface area contributed by atoms with Crippen LogP contribution < -0.4 is 0 Å². The Morgan fingerprint density at radius 2 is 1.35 bits per heavy atom. The third kappa shape index (κ3) is 11.6. The van der Waals surface area contributed by atoms with Gasteiger partial charge in [-0.25, -0.2) is 0 Å². The molecule has 0 heterocycles. The van der Waals surface area contributed by atoms with Crippen LogP contribution in [0.25, 0.3) is 0 Å².